The van der Waals surface area contributed by atoms with Crippen LogP contribution in [0.3, 0.4) is 0 Å². The summed E-state index contributed by atoms with van der Waals surface area (Å²) in [6, 6.07) is 20.7. The van der Waals surface area contributed by atoms with E-state index in [0.29, 0.717) is 23.1 Å². The van der Waals surface area contributed by atoms with Gasteiger partial charge >= 0.3 is 6.09 Å². The number of amides is 4. The largest absolute Gasteiger partial charge is 0.484 e. The lowest BCUT2D eigenvalue weighted by Crippen LogP contribution is -2.58. The molecule has 1 saturated heterocycles. The van der Waals surface area contributed by atoms with Crippen molar-refractivity contribution < 1.29 is 34.1 Å². The van der Waals surface area contributed by atoms with Crippen molar-refractivity contribution in [2.45, 2.75) is 92.2 Å². The first-order valence-electron chi connectivity index (χ1n) is 21.9. The first-order valence-corrected chi connectivity index (χ1v) is 23.6. The van der Waals surface area contributed by atoms with Crippen molar-refractivity contribution in [2.24, 2.45) is 10.4 Å². The summed E-state index contributed by atoms with van der Waals surface area (Å²) in [5, 5.41) is 38.2. The van der Waals surface area contributed by atoms with Gasteiger partial charge in [0.25, 0.3) is 5.91 Å². The normalized spacial score (nSPS) is 17.7. The van der Waals surface area contributed by atoms with Crippen LogP contribution >= 0.6 is 22.7 Å². The molecule has 5 atom stereocenters. The van der Waals surface area contributed by atoms with Gasteiger partial charge in [0.2, 0.25) is 11.8 Å². The van der Waals surface area contributed by atoms with E-state index in [1.165, 1.54) is 4.90 Å². The summed E-state index contributed by atoms with van der Waals surface area (Å²) >= 11 is 3.15. The molecule has 3 aromatic heterocycles. The predicted octanol–water partition coefficient (Wildman–Crippen LogP) is 7.22. The number of thiazole rings is 1. The molecular weight excluding hydrogens is 891 g/mol. The van der Waals surface area contributed by atoms with Crippen LogP contribution in [0.5, 0.6) is 5.75 Å². The first kappa shape index (κ1) is 46.8. The van der Waals surface area contributed by atoms with Gasteiger partial charge in [0.15, 0.2) is 18.6 Å². The minimum Gasteiger partial charge on any atom is -0.484 e. The molecule has 6 aromatic rings. The summed E-state index contributed by atoms with van der Waals surface area (Å²) in [5.74, 6) is 0.0908. The van der Waals surface area contributed by atoms with Crippen molar-refractivity contribution in [3.63, 3.8) is 0 Å². The van der Waals surface area contributed by atoms with Gasteiger partial charge in [-0.25, -0.2) is 9.78 Å². The van der Waals surface area contributed by atoms with Gasteiger partial charge in [0, 0.05) is 29.0 Å². The number of ether oxygens (including phenoxy) is 1. The first-order chi connectivity index (χ1) is 31.9. The number of aliphatic imine (C=N–C) groups is 1. The maximum Gasteiger partial charge on any atom is 0.406 e. The van der Waals surface area contributed by atoms with Crippen molar-refractivity contribution in [2.75, 3.05) is 13.2 Å². The lowest BCUT2D eigenvalue weighted by atomic mass is 9.85. The number of aliphatic hydroxyl groups is 1. The third-order valence-corrected chi connectivity index (χ3v) is 14.4. The summed E-state index contributed by atoms with van der Waals surface area (Å²) in [6.45, 7) is 14.8. The number of rotatable bonds is 12. The monoisotopic (exact) mass is 943 g/mol. The average Bonchev–Trinajstić information content (AvgIpc) is 4.06. The average molecular weight is 944 g/mol. The van der Waals surface area contributed by atoms with Crippen molar-refractivity contribution in [3.8, 4) is 32.3 Å². The third-order valence-electron chi connectivity index (χ3n) is 12.2. The number of nitrogens with zero attached hydrogens (tertiary/aromatic N) is 6. The topological polar surface area (TPSA) is 213 Å². The van der Waals surface area contributed by atoms with E-state index in [1.54, 1.807) is 34.8 Å². The van der Waals surface area contributed by atoms with E-state index in [9.17, 15) is 29.4 Å². The molecule has 5 heterocycles. The van der Waals surface area contributed by atoms with Crippen LogP contribution < -0.4 is 20.7 Å². The predicted molar refractivity (Wildman–Crippen MR) is 257 cm³/mol. The number of β-amino-alcohol motifs (C(OH)–C–C–N with tert-alkyl or cyclic N) is 1. The van der Waals surface area contributed by atoms with Crippen LogP contribution in [0.15, 0.2) is 83.3 Å². The second-order valence-corrected chi connectivity index (χ2v) is 20.1. The fourth-order valence-electron chi connectivity index (χ4n) is 8.47. The van der Waals surface area contributed by atoms with Crippen LogP contribution in [0, 0.1) is 33.1 Å². The van der Waals surface area contributed by atoms with Gasteiger partial charge in [-0.1, -0.05) is 81.4 Å². The molecule has 2 aliphatic heterocycles. The zero-order valence-corrected chi connectivity index (χ0v) is 40.1. The van der Waals surface area contributed by atoms with Crippen molar-refractivity contribution in [1.29, 1.82) is 0 Å². The van der Waals surface area contributed by atoms with Crippen molar-refractivity contribution in [1.82, 2.24) is 40.6 Å². The number of hydrogen-bond donors (Lipinski definition) is 5. The smallest absolute Gasteiger partial charge is 0.406 e. The molecule has 0 unspecified atom stereocenters. The Bertz CT molecular complexity index is 2860. The summed E-state index contributed by atoms with van der Waals surface area (Å²) in [7, 11) is 0. The number of carbonyl (C=O) groups excluding carboxylic acids is 3. The Morgan fingerprint density at radius 1 is 0.881 bits per heavy atom. The van der Waals surface area contributed by atoms with Gasteiger partial charge in [0.05, 0.1) is 33.9 Å². The van der Waals surface area contributed by atoms with Gasteiger partial charge in [-0.3, -0.25) is 29.3 Å². The number of fused-ring (bicyclic) bond motifs is 3. The molecule has 2 aliphatic rings. The maximum atomic E-state index is 14.2. The van der Waals surface area contributed by atoms with Crippen LogP contribution in [-0.4, -0.2) is 95.7 Å². The fraction of sp³-hybridized carbons (Fsp3) is 0.347. The van der Waals surface area contributed by atoms with E-state index in [4.69, 9.17) is 9.73 Å². The minimum atomic E-state index is -1.23. The summed E-state index contributed by atoms with van der Waals surface area (Å²) in [4.78, 5) is 66.0. The maximum absolute atomic E-state index is 14.2. The quantitative estimate of drug-likeness (QED) is 0.0831. The van der Waals surface area contributed by atoms with Gasteiger partial charge in [-0.05, 0) is 80.0 Å². The zero-order chi connectivity index (χ0) is 47.9. The van der Waals surface area contributed by atoms with Gasteiger partial charge < -0.3 is 30.5 Å². The number of carboxylic acid groups (broad SMARTS) is 1. The van der Waals surface area contributed by atoms with E-state index in [0.717, 1.165) is 59.4 Å². The fourth-order valence-corrected chi connectivity index (χ4v) is 10.5. The van der Waals surface area contributed by atoms with E-state index in [1.807, 2.05) is 126 Å². The molecule has 5 N–H and O–H groups in total. The summed E-state index contributed by atoms with van der Waals surface area (Å²) < 4.78 is 7.75. The Hall–Kier alpha value is -6.76. The van der Waals surface area contributed by atoms with Crippen LogP contribution in [0.2, 0.25) is 0 Å². The number of hydrogen-bond acceptors (Lipinski definition) is 12. The minimum absolute atomic E-state index is 0.0407. The van der Waals surface area contributed by atoms with Gasteiger partial charge in [0.1, 0.15) is 28.7 Å². The lowest BCUT2D eigenvalue weighted by molar-refractivity contribution is -0.144. The van der Waals surface area contributed by atoms with E-state index in [-0.39, 0.29) is 31.5 Å². The Labute approximate surface area is 396 Å². The number of aromatic nitrogens is 4. The molecule has 8 rings (SSSR count). The molecular formula is C49H53N9O7S2. The number of benzene rings is 3. The lowest BCUT2D eigenvalue weighted by Gasteiger charge is -2.35. The van der Waals surface area contributed by atoms with Gasteiger partial charge in [-0.2, -0.15) is 0 Å². The van der Waals surface area contributed by atoms with Crippen LogP contribution in [0.25, 0.3) is 26.6 Å². The number of aliphatic hydroxyl groups excluding tert-OH is 1. The number of thiophene rings is 1. The highest BCUT2D eigenvalue weighted by molar-refractivity contribution is 7.15. The molecule has 67 heavy (non-hydrogen) atoms. The summed E-state index contributed by atoms with van der Waals surface area (Å²) in [6.07, 6.45) is -3.03. The molecule has 0 saturated carbocycles. The van der Waals surface area contributed by atoms with Crippen LogP contribution in [-0.2, 0) is 14.4 Å². The highest BCUT2D eigenvalue weighted by Crippen LogP contribution is 2.39. The van der Waals surface area contributed by atoms with Crippen molar-refractivity contribution >= 4 is 52.2 Å². The number of aryl methyl sites for hydroxylation is 3. The standard InChI is InChI=1S/C49H53N9O7S2/c1-25-28(4)67-47-39(25)40(53-43(54-48(63)64)44-56-55-29(5)58(44)47)33-13-11-31(12-14-33)32-17-19-36(20-18-32)65-23-38(60)52-42(49(6,7)8)46(62)57-22-35(59)21-37(57)45(61)51-26(2)30-9-15-34(16-10-30)41-27(3)50-24-66-41/h9-20,24,26,35,37,42-43,54,59H,21-23H2,1-8H3,(H,51,61)(H,52,60)(H,63,64)/t26-,35+,37-,42+,43+/m0/s1. The van der Waals surface area contributed by atoms with E-state index >= 15 is 0 Å². The highest BCUT2D eigenvalue weighted by Gasteiger charge is 2.45. The molecule has 0 spiro atoms. The van der Waals surface area contributed by atoms with Gasteiger partial charge in [-0.15, -0.1) is 32.9 Å². The van der Waals surface area contributed by atoms with E-state index < -0.39 is 47.7 Å². The second kappa shape index (κ2) is 18.9. The Balaban J connectivity index is 0.902. The second-order valence-electron chi connectivity index (χ2n) is 18.0. The molecule has 4 amide bonds. The molecule has 3 aromatic carbocycles. The van der Waals surface area contributed by atoms with Crippen LogP contribution in [0.4, 0.5) is 4.79 Å². The Kier molecular flexibility index (Phi) is 13.2. The van der Waals surface area contributed by atoms with Crippen molar-refractivity contribution in [3.05, 3.63) is 123 Å². The van der Waals surface area contributed by atoms with Crippen LogP contribution in [0.1, 0.15) is 90.8 Å². The number of nitrogens with one attached hydrogen (secondary N) is 3. The Morgan fingerprint density at radius 3 is 2.15 bits per heavy atom. The molecule has 0 bridgehead atoms. The zero-order valence-electron chi connectivity index (χ0n) is 38.4. The molecule has 16 nitrogen and oxygen atoms in total. The Morgan fingerprint density at radius 2 is 1.52 bits per heavy atom. The number of likely N-dealkylation sites (tertiary alicyclic amines) is 1. The molecule has 1 fully saturated rings. The summed E-state index contributed by atoms with van der Waals surface area (Å²) in [5.41, 5.74) is 9.12. The SMILES string of the molecule is Cc1ncsc1-c1ccc([C@H](C)NC(=O)[C@@H]2C[C@@H](O)CN2C(=O)[C@@H](NC(=O)COc2ccc(-c3ccc(C4=N[C@H](NC(=O)O)c5nnc(C)n5-c5sc(C)c(C)c54)cc3)cc2)C(C)(C)C)cc1. The third kappa shape index (κ3) is 9.73. The molecule has 0 aliphatic carbocycles. The highest BCUT2D eigenvalue weighted by atomic mass is 32.1. The molecule has 0 radical (unpaired) electrons. The number of carbonyl (C=O) groups is 4. The molecule has 348 valence electrons. The molecule has 18 heteroatoms. The van der Waals surface area contributed by atoms with E-state index in [2.05, 4.69) is 31.1 Å².